The number of carbonyl (C=O) groups is 1. The molecule has 4 aromatic heterocycles. The molecule has 0 fully saturated rings. The third kappa shape index (κ3) is 4.85. The van der Waals surface area contributed by atoms with E-state index in [-0.39, 0.29) is 11.7 Å². The van der Waals surface area contributed by atoms with Crippen LogP contribution in [0.3, 0.4) is 0 Å². The highest BCUT2D eigenvalue weighted by Crippen LogP contribution is 2.31. The summed E-state index contributed by atoms with van der Waals surface area (Å²) >= 11 is 0. The Bertz CT molecular complexity index is 1830. The van der Waals surface area contributed by atoms with Crippen molar-refractivity contribution in [1.82, 2.24) is 40.8 Å². The zero-order valence-electron chi connectivity index (χ0n) is 22.2. The SMILES string of the molecule is CCNCc1cncc(-c2ccc3[nH]nc(-c4ncc(C(=O)NCCc5c[nH]c6ccc(F)cc56)[nH]4)c3c2)c1C. The van der Waals surface area contributed by atoms with Gasteiger partial charge in [0, 0.05) is 53.5 Å². The summed E-state index contributed by atoms with van der Waals surface area (Å²) < 4.78 is 13.7. The van der Waals surface area contributed by atoms with Gasteiger partial charge in [-0.2, -0.15) is 5.10 Å². The van der Waals surface area contributed by atoms with Crippen LogP contribution in [-0.4, -0.2) is 49.1 Å². The Morgan fingerprint density at radius 2 is 1.90 bits per heavy atom. The fourth-order valence-electron chi connectivity index (χ4n) is 4.98. The molecule has 6 aromatic rings. The van der Waals surface area contributed by atoms with Crippen molar-refractivity contribution >= 4 is 27.7 Å². The van der Waals surface area contributed by atoms with Crippen LogP contribution in [0.2, 0.25) is 0 Å². The molecule has 0 spiro atoms. The lowest BCUT2D eigenvalue weighted by molar-refractivity contribution is 0.0949. The first-order valence-corrected chi connectivity index (χ1v) is 13.2. The Balaban J connectivity index is 1.19. The monoisotopic (exact) mass is 536 g/mol. The first-order valence-electron chi connectivity index (χ1n) is 13.2. The fraction of sp³-hybridized carbons (Fsp3) is 0.200. The van der Waals surface area contributed by atoms with E-state index in [2.05, 4.69) is 66.7 Å². The molecule has 0 saturated carbocycles. The number of carbonyl (C=O) groups excluding carboxylic acids is 1. The minimum absolute atomic E-state index is 0.274. The van der Waals surface area contributed by atoms with Gasteiger partial charge in [0.05, 0.1) is 11.7 Å². The molecule has 5 N–H and O–H groups in total. The van der Waals surface area contributed by atoms with E-state index in [1.807, 2.05) is 24.7 Å². The van der Waals surface area contributed by atoms with Gasteiger partial charge in [0.2, 0.25) is 0 Å². The lowest BCUT2D eigenvalue weighted by atomic mass is 9.98. The molecule has 2 aromatic carbocycles. The first-order chi connectivity index (χ1) is 19.5. The highest BCUT2D eigenvalue weighted by Gasteiger charge is 2.17. The van der Waals surface area contributed by atoms with E-state index in [0.717, 1.165) is 57.1 Å². The number of hydrogen-bond donors (Lipinski definition) is 5. The maximum atomic E-state index is 13.7. The van der Waals surface area contributed by atoms with Gasteiger partial charge in [0.15, 0.2) is 5.82 Å². The number of fused-ring (bicyclic) bond motifs is 2. The summed E-state index contributed by atoms with van der Waals surface area (Å²) in [5, 5.41) is 15.5. The number of halogens is 1. The average molecular weight is 537 g/mol. The summed E-state index contributed by atoms with van der Waals surface area (Å²) in [7, 11) is 0. The minimum Gasteiger partial charge on any atom is -0.361 e. The molecule has 0 aliphatic carbocycles. The van der Waals surface area contributed by atoms with Crippen LogP contribution in [0.1, 0.15) is 34.1 Å². The Morgan fingerprint density at radius 1 is 1.02 bits per heavy atom. The number of amides is 1. The molecule has 4 heterocycles. The molecule has 1 amide bonds. The van der Waals surface area contributed by atoms with Gasteiger partial charge in [-0.15, -0.1) is 0 Å². The van der Waals surface area contributed by atoms with Crippen molar-refractivity contribution in [3.8, 4) is 22.6 Å². The van der Waals surface area contributed by atoms with Gasteiger partial charge in [0.1, 0.15) is 17.2 Å². The Hall–Kier alpha value is -4.83. The van der Waals surface area contributed by atoms with E-state index in [4.69, 9.17) is 0 Å². The summed E-state index contributed by atoms with van der Waals surface area (Å²) in [4.78, 5) is 28.0. The van der Waals surface area contributed by atoms with Crippen LogP contribution in [0.25, 0.3) is 44.5 Å². The Labute approximate surface area is 229 Å². The summed E-state index contributed by atoms with van der Waals surface area (Å²) in [6, 6.07) is 10.7. The van der Waals surface area contributed by atoms with Crippen LogP contribution in [-0.2, 0) is 13.0 Å². The van der Waals surface area contributed by atoms with Gasteiger partial charge < -0.3 is 20.6 Å². The van der Waals surface area contributed by atoms with Crippen molar-refractivity contribution in [3.63, 3.8) is 0 Å². The molecule has 10 heteroatoms. The second-order valence-electron chi connectivity index (χ2n) is 9.74. The number of hydrogen-bond acceptors (Lipinski definition) is 5. The smallest absolute Gasteiger partial charge is 0.269 e. The maximum absolute atomic E-state index is 13.7. The van der Waals surface area contributed by atoms with Crippen molar-refractivity contribution in [3.05, 3.63) is 89.4 Å². The predicted octanol–water partition coefficient (Wildman–Crippen LogP) is 5.03. The number of H-pyrrole nitrogens is 3. The summed E-state index contributed by atoms with van der Waals surface area (Å²) in [6.45, 7) is 6.24. The molecule has 0 bridgehead atoms. The highest BCUT2D eigenvalue weighted by atomic mass is 19.1. The van der Waals surface area contributed by atoms with Crippen LogP contribution in [0.15, 0.2) is 61.2 Å². The van der Waals surface area contributed by atoms with Crippen molar-refractivity contribution < 1.29 is 9.18 Å². The number of aromatic amines is 3. The topological polar surface area (TPSA) is 127 Å². The lowest BCUT2D eigenvalue weighted by Crippen LogP contribution is -2.25. The number of nitrogens with one attached hydrogen (secondary N) is 5. The Morgan fingerprint density at radius 3 is 2.77 bits per heavy atom. The van der Waals surface area contributed by atoms with E-state index < -0.39 is 0 Å². The third-order valence-corrected chi connectivity index (χ3v) is 7.21. The van der Waals surface area contributed by atoms with Crippen molar-refractivity contribution in [2.75, 3.05) is 13.1 Å². The summed E-state index contributed by atoms with van der Waals surface area (Å²) in [5.74, 6) is -0.0640. The second kappa shape index (κ2) is 10.7. The van der Waals surface area contributed by atoms with Crippen LogP contribution in [0.4, 0.5) is 4.39 Å². The van der Waals surface area contributed by atoms with E-state index in [9.17, 15) is 9.18 Å². The highest BCUT2D eigenvalue weighted by molar-refractivity contribution is 5.96. The molecule has 202 valence electrons. The fourth-order valence-corrected chi connectivity index (χ4v) is 4.98. The molecule has 0 aliphatic rings. The number of nitrogens with zero attached hydrogens (tertiary/aromatic N) is 3. The van der Waals surface area contributed by atoms with E-state index in [1.54, 1.807) is 6.07 Å². The predicted molar refractivity (Wildman–Crippen MR) is 153 cm³/mol. The van der Waals surface area contributed by atoms with E-state index in [1.165, 1.54) is 23.9 Å². The second-order valence-corrected chi connectivity index (χ2v) is 9.74. The zero-order chi connectivity index (χ0) is 27.6. The molecule has 6 rings (SSSR count). The van der Waals surface area contributed by atoms with Gasteiger partial charge in [0.25, 0.3) is 5.91 Å². The minimum atomic E-state index is -0.287. The van der Waals surface area contributed by atoms with Crippen LogP contribution < -0.4 is 10.6 Å². The number of imidazole rings is 1. The van der Waals surface area contributed by atoms with E-state index >= 15 is 0 Å². The van der Waals surface area contributed by atoms with Crippen LogP contribution in [0, 0.1) is 12.7 Å². The Kier molecular flexibility index (Phi) is 6.83. The molecule has 0 atom stereocenters. The summed E-state index contributed by atoms with van der Waals surface area (Å²) in [6.07, 6.45) is 7.70. The molecule has 9 nitrogen and oxygen atoms in total. The van der Waals surface area contributed by atoms with Crippen LogP contribution in [0.5, 0.6) is 0 Å². The number of rotatable bonds is 9. The molecule has 0 aliphatic heterocycles. The largest absolute Gasteiger partial charge is 0.361 e. The quantitative estimate of drug-likeness (QED) is 0.177. The first kappa shape index (κ1) is 25.4. The van der Waals surface area contributed by atoms with E-state index in [0.29, 0.717) is 30.2 Å². The lowest BCUT2D eigenvalue weighted by Gasteiger charge is -2.11. The zero-order valence-corrected chi connectivity index (χ0v) is 22.2. The maximum Gasteiger partial charge on any atom is 0.269 e. The van der Waals surface area contributed by atoms with Crippen molar-refractivity contribution in [1.29, 1.82) is 0 Å². The average Bonchev–Trinajstić information content (AvgIpc) is 3.70. The molecule has 0 saturated heterocycles. The molecular weight excluding hydrogens is 507 g/mol. The third-order valence-electron chi connectivity index (χ3n) is 7.21. The van der Waals surface area contributed by atoms with Gasteiger partial charge >= 0.3 is 0 Å². The van der Waals surface area contributed by atoms with Gasteiger partial charge in [-0.1, -0.05) is 13.0 Å². The van der Waals surface area contributed by atoms with Gasteiger partial charge in [-0.3, -0.25) is 14.9 Å². The summed E-state index contributed by atoms with van der Waals surface area (Å²) in [5.41, 5.74) is 8.06. The van der Waals surface area contributed by atoms with Crippen molar-refractivity contribution in [2.24, 2.45) is 0 Å². The number of pyridine rings is 1. The van der Waals surface area contributed by atoms with Gasteiger partial charge in [-0.05, 0) is 72.5 Å². The number of benzene rings is 2. The normalized spacial score (nSPS) is 11.5. The van der Waals surface area contributed by atoms with Crippen molar-refractivity contribution in [2.45, 2.75) is 26.8 Å². The molecule has 0 radical (unpaired) electrons. The standard InChI is InChI=1S/C30H29FN8O/c1-3-32-12-20-13-33-15-24(17(20)2)18-4-6-26-23(10-18)28(39-38-26)29-36-16-27(37-29)30(40)34-9-8-19-14-35-25-7-5-21(31)11-22(19)25/h4-7,10-11,13-16,32,35H,3,8-9,12H2,1-2H3,(H,34,40)(H,36,37)(H,38,39). The van der Waals surface area contributed by atoms with Crippen LogP contribution >= 0.6 is 0 Å². The van der Waals surface area contributed by atoms with Gasteiger partial charge in [-0.25, -0.2) is 9.37 Å². The number of aromatic nitrogens is 6. The molecule has 40 heavy (non-hydrogen) atoms. The molecular formula is C30H29FN8O. The molecule has 0 unspecified atom stereocenters.